The Labute approximate surface area is 128 Å². The van der Waals surface area contributed by atoms with Gasteiger partial charge in [-0.05, 0) is 32.8 Å². The molecule has 110 valence electrons. The van der Waals surface area contributed by atoms with Gasteiger partial charge in [0.1, 0.15) is 17.0 Å². The van der Waals surface area contributed by atoms with Gasteiger partial charge in [0, 0.05) is 29.9 Å². The van der Waals surface area contributed by atoms with Crippen molar-refractivity contribution in [2.75, 3.05) is 11.9 Å². The molecule has 3 rings (SSSR count). The second kappa shape index (κ2) is 5.81. The van der Waals surface area contributed by atoms with Crippen LogP contribution >= 0.6 is 11.3 Å². The number of hydrogen-bond donors (Lipinski definition) is 1. The van der Waals surface area contributed by atoms with Crippen LogP contribution in [0, 0.1) is 13.8 Å². The van der Waals surface area contributed by atoms with Crippen LogP contribution in [0.4, 0.5) is 5.82 Å². The Balaban J connectivity index is 1.71. The maximum Gasteiger partial charge on any atom is 0.138 e. The van der Waals surface area contributed by atoms with Crippen molar-refractivity contribution in [1.82, 2.24) is 19.5 Å². The Morgan fingerprint density at radius 2 is 2.19 bits per heavy atom. The quantitative estimate of drug-likeness (QED) is 0.782. The summed E-state index contributed by atoms with van der Waals surface area (Å²) in [6, 6.07) is 0.419. The van der Waals surface area contributed by atoms with Crippen molar-refractivity contribution < 1.29 is 0 Å². The van der Waals surface area contributed by atoms with E-state index in [2.05, 4.69) is 45.6 Å². The van der Waals surface area contributed by atoms with E-state index in [1.165, 1.54) is 10.4 Å². The molecule has 0 saturated heterocycles. The average Bonchev–Trinajstić information content (AvgIpc) is 3.09. The largest absolute Gasteiger partial charge is 0.369 e. The van der Waals surface area contributed by atoms with Gasteiger partial charge in [0.05, 0.1) is 11.7 Å². The van der Waals surface area contributed by atoms with E-state index >= 15 is 0 Å². The van der Waals surface area contributed by atoms with E-state index in [-0.39, 0.29) is 0 Å². The molecule has 1 atom stereocenters. The van der Waals surface area contributed by atoms with Crippen molar-refractivity contribution in [2.45, 2.75) is 33.2 Å². The van der Waals surface area contributed by atoms with Gasteiger partial charge in [0.25, 0.3) is 0 Å². The van der Waals surface area contributed by atoms with E-state index in [1.807, 2.05) is 18.7 Å². The minimum atomic E-state index is 0.419. The predicted octanol–water partition coefficient (Wildman–Crippen LogP) is 3.57. The lowest BCUT2D eigenvalue weighted by molar-refractivity contribution is 0.519. The van der Waals surface area contributed by atoms with Gasteiger partial charge in [-0.2, -0.15) is 0 Å². The molecule has 0 bridgehead atoms. The summed E-state index contributed by atoms with van der Waals surface area (Å²) in [4.78, 5) is 15.2. The molecule has 6 heteroatoms. The Morgan fingerprint density at radius 3 is 2.95 bits per heavy atom. The first-order chi connectivity index (χ1) is 10.2. The number of hydrogen-bond acceptors (Lipinski definition) is 5. The normalized spacial score (nSPS) is 12.7. The SMILES string of the molecule is Cc1sc2ncnc(NCCC(C)n3ccnc3)c2c1C. The molecule has 0 saturated carbocycles. The van der Waals surface area contributed by atoms with Gasteiger partial charge in [0.15, 0.2) is 0 Å². The Kier molecular flexibility index (Phi) is 3.88. The van der Waals surface area contributed by atoms with Gasteiger partial charge in [-0.25, -0.2) is 15.0 Å². The molecular formula is C15H19N5S. The number of imidazole rings is 1. The van der Waals surface area contributed by atoms with Crippen molar-refractivity contribution in [2.24, 2.45) is 0 Å². The summed E-state index contributed by atoms with van der Waals surface area (Å²) in [5, 5.41) is 4.62. The van der Waals surface area contributed by atoms with Gasteiger partial charge in [-0.3, -0.25) is 0 Å². The number of thiophene rings is 1. The standard InChI is InChI=1S/C15H19N5S/c1-10(20-7-6-16-9-20)4-5-17-14-13-11(2)12(3)21-15(13)19-8-18-14/h6-10H,4-5H2,1-3H3,(H,17,18,19). The van der Waals surface area contributed by atoms with Crippen molar-refractivity contribution in [3.05, 3.63) is 35.5 Å². The van der Waals surface area contributed by atoms with E-state index in [9.17, 15) is 0 Å². The van der Waals surface area contributed by atoms with Crippen LogP contribution in [0.3, 0.4) is 0 Å². The maximum atomic E-state index is 4.41. The van der Waals surface area contributed by atoms with Gasteiger partial charge >= 0.3 is 0 Å². The third-order valence-electron chi connectivity index (χ3n) is 3.85. The van der Waals surface area contributed by atoms with Crippen LogP contribution < -0.4 is 5.32 Å². The van der Waals surface area contributed by atoms with E-state index in [0.717, 1.165) is 29.0 Å². The van der Waals surface area contributed by atoms with Crippen molar-refractivity contribution in [3.8, 4) is 0 Å². The first-order valence-corrected chi connectivity index (χ1v) is 7.90. The molecule has 3 aromatic rings. The van der Waals surface area contributed by atoms with Crippen molar-refractivity contribution in [1.29, 1.82) is 0 Å². The minimum Gasteiger partial charge on any atom is -0.369 e. The van der Waals surface area contributed by atoms with Gasteiger partial charge < -0.3 is 9.88 Å². The van der Waals surface area contributed by atoms with Crippen LogP contribution in [0.2, 0.25) is 0 Å². The monoisotopic (exact) mass is 301 g/mol. The summed E-state index contributed by atoms with van der Waals surface area (Å²) in [6.07, 6.45) is 8.33. The summed E-state index contributed by atoms with van der Waals surface area (Å²) in [5.74, 6) is 0.944. The van der Waals surface area contributed by atoms with Crippen LogP contribution in [0.25, 0.3) is 10.2 Å². The fraction of sp³-hybridized carbons (Fsp3) is 0.400. The lowest BCUT2D eigenvalue weighted by Crippen LogP contribution is -2.11. The second-order valence-electron chi connectivity index (χ2n) is 5.26. The number of rotatable bonds is 5. The van der Waals surface area contributed by atoms with E-state index in [1.54, 1.807) is 17.7 Å². The van der Waals surface area contributed by atoms with Crippen molar-refractivity contribution in [3.63, 3.8) is 0 Å². The average molecular weight is 301 g/mol. The number of fused-ring (bicyclic) bond motifs is 1. The molecule has 0 spiro atoms. The molecule has 1 unspecified atom stereocenters. The molecule has 0 amide bonds. The van der Waals surface area contributed by atoms with E-state index in [4.69, 9.17) is 0 Å². The van der Waals surface area contributed by atoms with Gasteiger partial charge in [0.2, 0.25) is 0 Å². The first kappa shape index (κ1) is 14.0. The van der Waals surface area contributed by atoms with Crippen molar-refractivity contribution >= 4 is 27.4 Å². The molecule has 5 nitrogen and oxygen atoms in total. The zero-order valence-electron chi connectivity index (χ0n) is 12.5. The predicted molar refractivity (Wildman–Crippen MR) is 86.9 cm³/mol. The van der Waals surface area contributed by atoms with Crippen LogP contribution in [0.1, 0.15) is 29.8 Å². The Bertz CT molecular complexity index is 732. The minimum absolute atomic E-state index is 0.419. The van der Waals surface area contributed by atoms with Crippen LogP contribution in [-0.4, -0.2) is 26.1 Å². The summed E-state index contributed by atoms with van der Waals surface area (Å²) in [7, 11) is 0. The molecule has 0 aliphatic rings. The second-order valence-corrected chi connectivity index (χ2v) is 6.46. The summed E-state index contributed by atoms with van der Waals surface area (Å²) < 4.78 is 2.12. The van der Waals surface area contributed by atoms with Crippen LogP contribution in [0.15, 0.2) is 25.0 Å². The number of aromatic nitrogens is 4. The molecule has 0 aromatic carbocycles. The third-order valence-corrected chi connectivity index (χ3v) is 4.97. The van der Waals surface area contributed by atoms with Crippen LogP contribution in [0.5, 0.6) is 0 Å². The highest BCUT2D eigenvalue weighted by Crippen LogP contribution is 2.32. The highest BCUT2D eigenvalue weighted by Gasteiger charge is 2.12. The molecule has 0 fully saturated rings. The lowest BCUT2D eigenvalue weighted by Gasteiger charge is -2.14. The fourth-order valence-electron chi connectivity index (χ4n) is 2.40. The number of nitrogens with one attached hydrogen (secondary N) is 1. The summed E-state index contributed by atoms with van der Waals surface area (Å²) in [6.45, 7) is 7.34. The van der Waals surface area contributed by atoms with Crippen LogP contribution in [-0.2, 0) is 0 Å². The highest BCUT2D eigenvalue weighted by atomic mass is 32.1. The van der Waals surface area contributed by atoms with Gasteiger partial charge in [-0.15, -0.1) is 11.3 Å². The molecule has 3 aromatic heterocycles. The fourth-order valence-corrected chi connectivity index (χ4v) is 3.39. The van der Waals surface area contributed by atoms with E-state index < -0.39 is 0 Å². The highest BCUT2D eigenvalue weighted by molar-refractivity contribution is 7.18. The number of aryl methyl sites for hydroxylation is 2. The molecule has 0 aliphatic heterocycles. The Hall–Kier alpha value is -1.95. The summed E-state index contributed by atoms with van der Waals surface area (Å²) >= 11 is 1.73. The first-order valence-electron chi connectivity index (χ1n) is 7.09. The third kappa shape index (κ3) is 2.76. The topological polar surface area (TPSA) is 55.6 Å². The van der Waals surface area contributed by atoms with E-state index in [0.29, 0.717) is 6.04 Å². The molecular weight excluding hydrogens is 282 g/mol. The number of nitrogens with zero attached hydrogens (tertiary/aromatic N) is 4. The molecule has 0 aliphatic carbocycles. The maximum absolute atomic E-state index is 4.41. The van der Waals surface area contributed by atoms with Gasteiger partial charge in [-0.1, -0.05) is 0 Å². The molecule has 1 N–H and O–H groups in total. The zero-order valence-corrected chi connectivity index (χ0v) is 13.3. The number of anilines is 1. The lowest BCUT2D eigenvalue weighted by atomic mass is 10.2. The smallest absolute Gasteiger partial charge is 0.138 e. The summed E-state index contributed by atoms with van der Waals surface area (Å²) in [5.41, 5.74) is 1.28. The molecule has 0 radical (unpaired) electrons. The molecule has 3 heterocycles. The Morgan fingerprint density at radius 1 is 1.33 bits per heavy atom. The molecule has 21 heavy (non-hydrogen) atoms. The zero-order chi connectivity index (χ0) is 14.8.